The third-order valence-electron chi connectivity index (χ3n) is 1.83. The molecule has 1 aliphatic heterocycles. The SMILES string of the molecule is C=C(C)[C@@H]1CCCC(=O)N1. The van der Waals surface area contributed by atoms with Crippen LogP contribution in [0.1, 0.15) is 26.2 Å². The minimum absolute atomic E-state index is 0.166. The van der Waals surface area contributed by atoms with E-state index in [0.717, 1.165) is 18.4 Å². The van der Waals surface area contributed by atoms with Crippen LogP contribution in [0.5, 0.6) is 0 Å². The molecule has 1 N–H and O–H groups in total. The summed E-state index contributed by atoms with van der Waals surface area (Å²) in [4.78, 5) is 10.8. The van der Waals surface area contributed by atoms with Gasteiger partial charge in [-0.25, -0.2) is 0 Å². The zero-order valence-electron chi connectivity index (χ0n) is 6.31. The lowest BCUT2D eigenvalue weighted by molar-refractivity contribution is -0.122. The van der Waals surface area contributed by atoms with Crippen LogP contribution in [0.25, 0.3) is 0 Å². The van der Waals surface area contributed by atoms with Crippen LogP contribution < -0.4 is 5.32 Å². The first-order chi connectivity index (χ1) is 4.70. The lowest BCUT2D eigenvalue weighted by atomic mass is 9.99. The van der Waals surface area contributed by atoms with Crippen LogP contribution in [-0.4, -0.2) is 11.9 Å². The predicted octanol–water partition coefficient (Wildman–Crippen LogP) is 1.23. The van der Waals surface area contributed by atoms with E-state index >= 15 is 0 Å². The van der Waals surface area contributed by atoms with Crippen molar-refractivity contribution in [2.75, 3.05) is 0 Å². The van der Waals surface area contributed by atoms with Crippen LogP contribution >= 0.6 is 0 Å². The van der Waals surface area contributed by atoms with Gasteiger partial charge in [0, 0.05) is 12.5 Å². The number of hydrogen-bond donors (Lipinski definition) is 1. The van der Waals surface area contributed by atoms with Gasteiger partial charge in [0.1, 0.15) is 0 Å². The highest BCUT2D eigenvalue weighted by atomic mass is 16.1. The number of rotatable bonds is 1. The second kappa shape index (κ2) is 2.86. The molecule has 1 heterocycles. The van der Waals surface area contributed by atoms with Crippen molar-refractivity contribution in [2.24, 2.45) is 0 Å². The monoisotopic (exact) mass is 139 g/mol. The Hall–Kier alpha value is -0.790. The Balaban J connectivity index is 2.47. The van der Waals surface area contributed by atoms with Crippen molar-refractivity contribution in [3.05, 3.63) is 12.2 Å². The summed E-state index contributed by atoms with van der Waals surface area (Å²) in [5, 5.41) is 2.88. The third-order valence-corrected chi connectivity index (χ3v) is 1.83. The Labute approximate surface area is 61.3 Å². The van der Waals surface area contributed by atoms with Crippen LogP contribution in [0.3, 0.4) is 0 Å². The van der Waals surface area contributed by atoms with E-state index in [1.54, 1.807) is 0 Å². The van der Waals surface area contributed by atoms with E-state index in [1.807, 2.05) is 6.92 Å². The Kier molecular flexibility index (Phi) is 2.10. The Morgan fingerprint density at radius 3 is 2.90 bits per heavy atom. The molecule has 1 amide bonds. The molecule has 0 saturated carbocycles. The number of carbonyl (C=O) groups excluding carboxylic acids is 1. The highest BCUT2D eigenvalue weighted by molar-refractivity contribution is 5.77. The second-order valence-electron chi connectivity index (χ2n) is 2.86. The summed E-state index contributed by atoms with van der Waals surface area (Å²) in [6, 6.07) is 0.237. The maximum Gasteiger partial charge on any atom is 0.220 e. The highest BCUT2D eigenvalue weighted by Gasteiger charge is 2.17. The number of nitrogens with one attached hydrogen (secondary N) is 1. The van der Waals surface area contributed by atoms with Gasteiger partial charge in [0.25, 0.3) is 0 Å². The molecule has 1 atom stereocenters. The van der Waals surface area contributed by atoms with E-state index in [1.165, 1.54) is 0 Å². The Bertz CT molecular complexity index is 161. The van der Waals surface area contributed by atoms with Crippen LogP contribution in [0.15, 0.2) is 12.2 Å². The molecule has 2 nitrogen and oxygen atoms in total. The number of hydrogen-bond acceptors (Lipinski definition) is 1. The first kappa shape index (κ1) is 7.32. The summed E-state index contributed by atoms with van der Waals surface area (Å²) in [6.45, 7) is 5.75. The van der Waals surface area contributed by atoms with Crippen molar-refractivity contribution in [1.82, 2.24) is 5.32 Å². The van der Waals surface area contributed by atoms with Gasteiger partial charge in [-0.3, -0.25) is 4.79 Å². The molecule has 1 aliphatic rings. The fourth-order valence-corrected chi connectivity index (χ4v) is 1.18. The molecule has 0 bridgehead atoms. The van der Waals surface area contributed by atoms with Gasteiger partial charge in [-0.1, -0.05) is 12.2 Å². The van der Waals surface area contributed by atoms with Crippen molar-refractivity contribution in [1.29, 1.82) is 0 Å². The number of piperidine rings is 1. The standard InChI is InChI=1S/C8H13NO/c1-6(2)7-4-3-5-8(10)9-7/h7H,1,3-5H2,2H3,(H,9,10)/t7-/m0/s1. The van der Waals surface area contributed by atoms with Gasteiger partial charge in [-0.05, 0) is 19.8 Å². The number of amides is 1. The van der Waals surface area contributed by atoms with Gasteiger partial charge in [-0.2, -0.15) is 0 Å². The van der Waals surface area contributed by atoms with Crippen molar-refractivity contribution in [2.45, 2.75) is 32.2 Å². The summed E-state index contributed by atoms with van der Waals surface area (Å²) in [5.74, 6) is 0.166. The molecule has 56 valence electrons. The fraction of sp³-hybridized carbons (Fsp3) is 0.625. The summed E-state index contributed by atoms with van der Waals surface area (Å²) in [6.07, 6.45) is 2.74. The van der Waals surface area contributed by atoms with Crippen molar-refractivity contribution in [3.63, 3.8) is 0 Å². The van der Waals surface area contributed by atoms with Gasteiger partial charge < -0.3 is 5.32 Å². The molecule has 2 heteroatoms. The van der Waals surface area contributed by atoms with Crippen molar-refractivity contribution >= 4 is 5.91 Å². The van der Waals surface area contributed by atoms with Gasteiger partial charge in [-0.15, -0.1) is 0 Å². The predicted molar refractivity (Wildman–Crippen MR) is 40.6 cm³/mol. The lowest BCUT2D eigenvalue weighted by Gasteiger charge is -2.23. The van der Waals surface area contributed by atoms with E-state index in [-0.39, 0.29) is 11.9 Å². The van der Waals surface area contributed by atoms with E-state index in [4.69, 9.17) is 0 Å². The lowest BCUT2D eigenvalue weighted by Crippen LogP contribution is -2.39. The maximum absolute atomic E-state index is 10.8. The van der Waals surface area contributed by atoms with E-state index in [9.17, 15) is 4.79 Å². The van der Waals surface area contributed by atoms with Gasteiger partial charge >= 0.3 is 0 Å². The molecule has 0 aromatic rings. The first-order valence-corrected chi connectivity index (χ1v) is 3.65. The molecule has 1 rings (SSSR count). The average Bonchev–Trinajstić information content (AvgIpc) is 1.88. The van der Waals surface area contributed by atoms with Gasteiger partial charge in [0.2, 0.25) is 5.91 Å². The molecular weight excluding hydrogens is 126 g/mol. The quantitative estimate of drug-likeness (QED) is 0.544. The van der Waals surface area contributed by atoms with Gasteiger partial charge in [0.05, 0.1) is 0 Å². The van der Waals surface area contributed by atoms with Crippen LogP contribution in [-0.2, 0) is 4.79 Å². The van der Waals surface area contributed by atoms with Crippen LogP contribution in [0.4, 0.5) is 0 Å². The molecule has 10 heavy (non-hydrogen) atoms. The zero-order valence-corrected chi connectivity index (χ0v) is 6.31. The number of carbonyl (C=O) groups is 1. The van der Waals surface area contributed by atoms with Crippen molar-refractivity contribution < 1.29 is 4.79 Å². The third kappa shape index (κ3) is 1.59. The molecule has 0 unspecified atom stereocenters. The maximum atomic E-state index is 10.8. The van der Waals surface area contributed by atoms with Crippen LogP contribution in [0.2, 0.25) is 0 Å². The molecule has 0 aromatic heterocycles. The molecule has 0 radical (unpaired) electrons. The van der Waals surface area contributed by atoms with Crippen LogP contribution in [0, 0.1) is 0 Å². The first-order valence-electron chi connectivity index (χ1n) is 3.65. The van der Waals surface area contributed by atoms with E-state index < -0.39 is 0 Å². The summed E-state index contributed by atoms with van der Waals surface area (Å²) in [7, 11) is 0. The fourth-order valence-electron chi connectivity index (χ4n) is 1.18. The summed E-state index contributed by atoms with van der Waals surface area (Å²) >= 11 is 0. The van der Waals surface area contributed by atoms with Crippen molar-refractivity contribution in [3.8, 4) is 0 Å². The molecular formula is C8H13NO. The van der Waals surface area contributed by atoms with Gasteiger partial charge in [0.15, 0.2) is 0 Å². The van der Waals surface area contributed by atoms with E-state index in [2.05, 4.69) is 11.9 Å². The average molecular weight is 139 g/mol. The molecule has 0 aromatic carbocycles. The highest BCUT2D eigenvalue weighted by Crippen LogP contribution is 2.12. The smallest absolute Gasteiger partial charge is 0.220 e. The zero-order chi connectivity index (χ0) is 7.56. The topological polar surface area (TPSA) is 29.1 Å². The van der Waals surface area contributed by atoms with E-state index in [0.29, 0.717) is 6.42 Å². The normalized spacial score (nSPS) is 25.7. The molecule has 1 saturated heterocycles. The Morgan fingerprint density at radius 2 is 2.50 bits per heavy atom. The Morgan fingerprint density at radius 1 is 1.80 bits per heavy atom. The largest absolute Gasteiger partial charge is 0.350 e. The minimum Gasteiger partial charge on any atom is -0.350 e. The molecule has 0 aliphatic carbocycles. The second-order valence-corrected chi connectivity index (χ2v) is 2.86. The summed E-state index contributed by atoms with van der Waals surface area (Å²) < 4.78 is 0. The molecule has 1 fully saturated rings. The minimum atomic E-state index is 0.166. The molecule has 0 spiro atoms. The summed E-state index contributed by atoms with van der Waals surface area (Å²) in [5.41, 5.74) is 1.06.